The van der Waals surface area contributed by atoms with E-state index in [4.69, 9.17) is 10.4 Å². The van der Waals surface area contributed by atoms with Crippen LogP contribution in [0.1, 0.15) is 17.5 Å². The van der Waals surface area contributed by atoms with Gasteiger partial charge in [0.1, 0.15) is 5.82 Å². The molecule has 2 aromatic carbocycles. The molecule has 0 saturated carbocycles. The van der Waals surface area contributed by atoms with Gasteiger partial charge in [-0.1, -0.05) is 24.3 Å². The van der Waals surface area contributed by atoms with E-state index >= 15 is 0 Å². The van der Waals surface area contributed by atoms with Crippen LogP contribution in [0.3, 0.4) is 0 Å². The zero-order valence-electron chi connectivity index (χ0n) is 11.9. The number of para-hydroxylation sites is 1. The third kappa shape index (κ3) is 4.06. The first kappa shape index (κ1) is 15.5. The molecule has 0 heterocycles. The maximum absolute atomic E-state index is 14.0. The molecule has 0 spiro atoms. The summed E-state index contributed by atoms with van der Waals surface area (Å²) < 4.78 is 14.0. The summed E-state index contributed by atoms with van der Waals surface area (Å²) >= 11 is 0. The highest BCUT2D eigenvalue weighted by Crippen LogP contribution is 2.21. The van der Waals surface area contributed by atoms with Crippen molar-refractivity contribution in [2.45, 2.75) is 13.0 Å². The van der Waals surface area contributed by atoms with Gasteiger partial charge in [-0.3, -0.25) is 4.79 Å². The van der Waals surface area contributed by atoms with E-state index < -0.39 is 11.8 Å². The first-order valence-electron chi connectivity index (χ1n) is 6.80. The fourth-order valence-electron chi connectivity index (χ4n) is 2.18. The van der Waals surface area contributed by atoms with Crippen LogP contribution in [0.2, 0.25) is 0 Å². The van der Waals surface area contributed by atoms with Crippen molar-refractivity contribution in [1.82, 2.24) is 0 Å². The van der Waals surface area contributed by atoms with E-state index in [9.17, 15) is 9.18 Å². The summed E-state index contributed by atoms with van der Waals surface area (Å²) in [5.41, 5.74) is 1.70. The van der Waals surface area contributed by atoms with Crippen LogP contribution in [0.15, 0.2) is 48.5 Å². The number of aliphatic carboxylic acids is 1. The van der Waals surface area contributed by atoms with Crippen LogP contribution >= 0.6 is 0 Å². The first-order valence-corrected chi connectivity index (χ1v) is 6.80. The number of nitrogens with zero attached hydrogens (tertiary/aromatic N) is 2. The second-order valence-electron chi connectivity index (χ2n) is 4.83. The topological polar surface area (TPSA) is 64.3 Å². The third-order valence-corrected chi connectivity index (χ3v) is 3.22. The molecule has 0 saturated heterocycles. The fourth-order valence-corrected chi connectivity index (χ4v) is 2.18. The van der Waals surface area contributed by atoms with E-state index in [1.807, 2.05) is 6.07 Å². The summed E-state index contributed by atoms with van der Waals surface area (Å²) in [6, 6.07) is 15.3. The Morgan fingerprint density at radius 2 is 2.00 bits per heavy atom. The average Bonchev–Trinajstić information content (AvgIpc) is 2.52. The lowest BCUT2D eigenvalue weighted by atomic mass is 10.1. The van der Waals surface area contributed by atoms with Crippen molar-refractivity contribution in [3.8, 4) is 6.07 Å². The molecule has 0 fully saturated rings. The number of nitriles is 1. The van der Waals surface area contributed by atoms with Crippen LogP contribution in [0, 0.1) is 17.1 Å². The van der Waals surface area contributed by atoms with Gasteiger partial charge in [-0.05, 0) is 29.8 Å². The molecule has 0 radical (unpaired) electrons. The highest BCUT2D eigenvalue weighted by molar-refractivity contribution is 5.67. The molecule has 4 nitrogen and oxygen atoms in total. The number of halogens is 1. The zero-order valence-corrected chi connectivity index (χ0v) is 11.9. The number of benzene rings is 2. The second-order valence-corrected chi connectivity index (χ2v) is 4.83. The van der Waals surface area contributed by atoms with Crippen molar-refractivity contribution < 1.29 is 14.3 Å². The predicted molar refractivity (Wildman–Crippen MR) is 80.9 cm³/mol. The Labute approximate surface area is 128 Å². The molecular formula is C17H15FN2O2. The summed E-state index contributed by atoms with van der Waals surface area (Å²) in [6.45, 7) is 0.525. The standard InChI is InChI=1S/C17H15FN2O2/c18-15-6-1-2-7-16(15)20(9-8-17(21)22)12-14-5-3-4-13(10-14)11-19/h1-7,10H,8-9,12H2,(H,21,22). The highest BCUT2D eigenvalue weighted by atomic mass is 19.1. The normalized spacial score (nSPS) is 10.0. The Balaban J connectivity index is 2.26. The zero-order chi connectivity index (χ0) is 15.9. The van der Waals surface area contributed by atoms with Crippen molar-refractivity contribution in [1.29, 1.82) is 5.26 Å². The van der Waals surface area contributed by atoms with Gasteiger partial charge in [-0.15, -0.1) is 0 Å². The van der Waals surface area contributed by atoms with E-state index in [-0.39, 0.29) is 13.0 Å². The van der Waals surface area contributed by atoms with Crippen molar-refractivity contribution >= 4 is 11.7 Å². The molecule has 1 N–H and O–H groups in total. The lowest BCUT2D eigenvalue weighted by molar-refractivity contribution is -0.136. The summed E-state index contributed by atoms with van der Waals surface area (Å²) in [6.07, 6.45) is -0.0910. The highest BCUT2D eigenvalue weighted by Gasteiger charge is 2.13. The van der Waals surface area contributed by atoms with Crippen molar-refractivity contribution in [3.05, 3.63) is 65.5 Å². The van der Waals surface area contributed by atoms with E-state index in [1.54, 1.807) is 41.3 Å². The van der Waals surface area contributed by atoms with E-state index in [1.165, 1.54) is 6.07 Å². The predicted octanol–water partition coefficient (Wildman–Crippen LogP) is 3.18. The number of hydrogen-bond donors (Lipinski definition) is 1. The molecule has 2 aromatic rings. The van der Waals surface area contributed by atoms with Gasteiger partial charge < -0.3 is 10.0 Å². The largest absolute Gasteiger partial charge is 0.481 e. The molecule has 0 aliphatic rings. The number of hydrogen-bond acceptors (Lipinski definition) is 3. The average molecular weight is 298 g/mol. The summed E-state index contributed by atoms with van der Waals surface area (Å²) in [5, 5.41) is 17.8. The molecule has 2 rings (SSSR count). The van der Waals surface area contributed by atoms with E-state index in [2.05, 4.69) is 6.07 Å². The SMILES string of the molecule is N#Cc1cccc(CN(CCC(=O)O)c2ccccc2F)c1. The van der Waals surface area contributed by atoms with Crippen LogP contribution in [-0.4, -0.2) is 17.6 Å². The first-order chi connectivity index (χ1) is 10.6. The van der Waals surface area contributed by atoms with Crippen LogP contribution in [0.5, 0.6) is 0 Å². The fraction of sp³-hybridized carbons (Fsp3) is 0.176. The monoisotopic (exact) mass is 298 g/mol. The Bertz CT molecular complexity index is 710. The van der Waals surface area contributed by atoms with Crippen molar-refractivity contribution in [3.63, 3.8) is 0 Å². The van der Waals surface area contributed by atoms with Gasteiger partial charge in [0.25, 0.3) is 0 Å². The minimum atomic E-state index is -0.938. The number of anilines is 1. The minimum absolute atomic E-state index is 0.0910. The maximum Gasteiger partial charge on any atom is 0.305 e. The summed E-state index contributed by atoms with van der Waals surface area (Å²) in [5.74, 6) is -1.34. The Hall–Kier alpha value is -2.87. The van der Waals surface area contributed by atoms with Gasteiger partial charge in [0.2, 0.25) is 0 Å². The van der Waals surface area contributed by atoms with Gasteiger partial charge in [-0.25, -0.2) is 4.39 Å². The molecule has 0 aromatic heterocycles. The quantitative estimate of drug-likeness (QED) is 0.889. The molecule has 112 valence electrons. The molecule has 0 amide bonds. The number of carboxylic acids is 1. The Kier molecular flexibility index (Phi) is 5.10. The Morgan fingerprint density at radius 1 is 1.23 bits per heavy atom. The molecule has 0 atom stereocenters. The van der Waals surface area contributed by atoms with Crippen LogP contribution < -0.4 is 4.90 Å². The Morgan fingerprint density at radius 3 is 2.68 bits per heavy atom. The molecule has 0 bridgehead atoms. The van der Waals surface area contributed by atoms with Crippen molar-refractivity contribution in [2.75, 3.05) is 11.4 Å². The second kappa shape index (κ2) is 7.23. The molecule has 0 aliphatic heterocycles. The van der Waals surface area contributed by atoms with E-state index in [0.717, 1.165) is 5.56 Å². The molecular weight excluding hydrogens is 283 g/mol. The van der Waals surface area contributed by atoms with Gasteiger partial charge in [0, 0.05) is 13.1 Å². The van der Waals surface area contributed by atoms with Crippen molar-refractivity contribution in [2.24, 2.45) is 0 Å². The van der Waals surface area contributed by atoms with Gasteiger partial charge in [-0.2, -0.15) is 5.26 Å². The summed E-state index contributed by atoms with van der Waals surface area (Å²) in [4.78, 5) is 12.5. The lowest BCUT2D eigenvalue weighted by Crippen LogP contribution is -2.26. The van der Waals surface area contributed by atoms with Gasteiger partial charge >= 0.3 is 5.97 Å². The number of carboxylic acid groups (broad SMARTS) is 1. The molecule has 0 aliphatic carbocycles. The molecule has 22 heavy (non-hydrogen) atoms. The van der Waals surface area contributed by atoms with Gasteiger partial charge in [0.05, 0.1) is 23.7 Å². The molecule has 5 heteroatoms. The summed E-state index contributed by atoms with van der Waals surface area (Å²) in [7, 11) is 0. The lowest BCUT2D eigenvalue weighted by Gasteiger charge is -2.25. The van der Waals surface area contributed by atoms with Gasteiger partial charge in [0.15, 0.2) is 0 Å². The van der Waals surface area contributed by atoms with Crippen LogP contribution in [0.25, 0.3) is 0 Å². The minimum Gasteiger partial charge on any atom is -0.481 e. The molecule has 0 unspecified atom stereocenters. The third-order valence-electron chi connectivity index (χ3n) is 3.22. The maximum atomic E-state index is 14.0. The number of carbonyl (C=O) groups is 1. The van der Waals surface area contributed by atoms with Crippen LogP contribution in [0.4, 0.5) is 10.1 Å². The smallest absolute Gasteiger partial charge is 0.305 e. The van der Waals surface area contributed by atoms with Crippen LogP contribution in [-0.2, 0) is 11.3 Å². The van der Waals surface area contributed by atoms with E-state index in [0.29, 0.717) is 17.8 Å². The number of rotatable bonds is 6.